The minimum atomic E-state index is 0.379. The number of hydrogen-bond donors (Lipinski definition) is 2. The Labute approximate surface area is 127 Å². The van der Waals surface area contributed by atoms with Crippen molar-refractivity contribution in [3.63, 3.8) is 0 Å². The summed E-state index contributed by atoms with van der Waals surface area (Å²) < 4.78 is 0. The summed E-state index contributed by atoms with van der Waals surface area (Å²) in [5.41, 5.74) is 2.51. The highest BCUT2D eigenvalue weighted by Gasteiger charge is 2.16. The van der Waals surface area contributed by atoms with Gasteiger partial charge < -0.3 is 4.90 Å². The van der Waals surface area contributed by atoms with E-state index in [1.807, 2.05) is 18.2 Å². The molecule has 1 aliphatic rings. The van der Waals surface area contributed by atoms with E-state index in [4.69, 9.17) is 5.84 Å². The lowest BCUT2D eigenvalue weighted by Gasteiger charge is -2.26. The second-order valence-electron chi connectivity index (χ2n) is 4.70. The molecule has 0 amide bonds. The van der Waals surface area contributed by atoms with Crippen LogP contribution in [0.5, 0.6) is 0 Å². The molecule has 3 rings (SSSR count). The molecule has 1 aliphatic heterocycles. The molecule has 0 bridgehead atoms. The molecule has 21 heavy (non-hydrogen) atoms. The van der Waals surface area contributed by atoms with Crippen LogP contribution in [-0.4, -0.2) is 33.0 Å². The number of nitrogens with zero attached hydrogens (tertiary/aromatic N) is 5. The molecule has 110 valence electrons. The summed E-state index contributed by atoms with van der Waals surface area (Å²) in [6, 6.07) is 5.73. The highest BCUT2D eigenvalue weighted by molar-refractivity contribution is 7.99. The summed E-state index contributed by atoms with van der Waals surface area (Å²) in [4.78, 5) is 19.6. The third kappa shape index (κ3) is 3.59. The fourth-order valence-corrected chi connectivity index (χ4v) is 2.90. The first kappa shape index (κ1) is 14.0. The lowest BCUT2D eigenvalue weighted by molar-refractivity contribution is 0.565. The van der Waals surface area contributed by atoms with Crippen LogP contribution >= 0.6 is 11.8 Å². The van der Waals surface area contributed by atoms with E-state index in [1.165, 1.54) is 31.0 Å². The maximum atomic E-state index is 5.46. The molecule has 0 unspecified atom stereocenters. The molecule has 2 aromatic rings. The number of nitrogens with two attached hydrogens (primary N) is 1. The fraction of sp³-hybridized carbons (Fsp3) is 0.385. The van der Waals surface area contributed by atoms with E-state index in [0.717, 1.165) is 18.1 Å². The Bertz CT molecular complexity index is 586. The van der Waals surface area contributed by atoms with Gasteiger partial charge in [-0.15, -0.1) is 0 Å². The molecule has 0 aliphatic carbocycles. The first-order valence-electron chi connectivity index (χ1n) is 6.92. The molecular formula is C13H17N7S. The maximum Gasteiger partial charge on any atom is 0.242 e. The molecular weight excluding hydrogens is 286 g/mol. The average molecular weight is 303 g/mol. The van der Waals surface area contributed by atoms with E-state index < -0.39 is 0 Å². The second kappa shape index (κ2) is 6.68. The van der Waals surface area contributed by atoms with Crippen molar-refractivity contribution in [3.05, 3.63) is 24.4 Å². The molecule has 3 N–H and O–H groups in total. The Kier molecular flexibility index (Phi) is 4.46. The van der Waals surface area contributed by atoms with E-state index in [1.54, 1.807) is 6.20 Å². The molecule has 1 saturated heterocycles. The quantitative estimate of drug-likeness (QED) is 0.651. The van der Waals surface area contributed by atoms with Crippen LogP contribution in [-0.2, 0) is 0 Å². The van der Waals surface area contributed by atoms with Gasteiger partial charge in [-0.2, -0.15) is 15.0 Å². The largest absolute Gasteiger partial charge is 0.341 e. The van der Waals surface area contributed by atoms with Crippen LogP contribution in [0.15, 0.2) is 34.6 Å². The number of anilines is 2. The molecule has 0 atom stereocenters. The summed E-state index contributed by atoms with van der Waals surface area (Å²) >= 11 is 1.40. The minimum absolute atomic E-state index is 0.379. The Hall–Kier alpha value is -1.93. The van der Waals surface area contributed by atoms with E-state index in [-0.39, 0.29) is 0 Å². The lowest BCUT2D eigenvalue weighted by atomic mass is 10.1. The molecule has 0 spiro atoms. The van der Waals surface area contributed by atoms with Crippen molar-refractivity contribution in [2.45, 2.75) is 29.4 Å². The van der Waals surface area contributed by atoms with Gasteiger partial charge in [0.15, 0.2) is 0 Å². The number of pyridine rings is 1. The van der Waals surface area contributed by atoms with Crippen LogP contribution in [0.1, 0.15) is 19.3 Å². The summed E-state index contributed by atoms with van der Waals surface area (Å²) in [6.45, 7) is 1.95. The highest BCUT2D eigenvalue weighted by atomic mass is 32.2. The van der Waals surface area contributed by atoms with Crippen LogP contribution in [0.3, 0.4) is 0 Å². The van der Waals surface area contributed by atoms with Crippen LogP contribution < -0.4 is 16.2 Å². The van der Waals surface area contributed by atoms with Crippen LogP contribution in [0, 0.1) is 0 Å². The molecule has 0 radical (unpaired) electrons. The molecule has 1 fully saturated rings. The minimum Gasteiger partial charge on any atom is -0.341 e. The van der Waals surface area contributed by atoms with Gasteiger partial charge >= 0.3 is 0 Å². The summed E-state index contributed by atoms with van der Waals surface area (Å²) in [5, 5.41) is 1.44. The van der Waals surface area contributed by atoms with Gasteiger partial charge in [0.2, 0.25) is 17.1 Å². The van der Waals surface area contributed by atoms with Crippen LogP contribution in [0.4, 0.5) is 11.9 Å². The van der Waals surface area contributed by atoms with Gasteiger partial charge in [-0.25, -0.2) is 10.8 Å². The van der Waals surface area contributed by atoms with Crippen molar-refractivity contribution in [1.82, 2.24) is 19.9 Å². The third-order valence-corrected chi connectivity index (χ3v) is 4.02. The number of piperidine rings is 1. The predicted octanol–water partition coefficient (Wildman–Crippen LogP) is 1.69. The van der Waals surface area contributed by atoms with Gasteiger partial charge in [0, 0.05) is 19.3 Å². The van der Waals surface area contributed by atoms with Gasteiger partial charge in [-0.05, 0) is 43.2 Å². The van der Waals surface area contributed by atoms with E-state index in [2.05, 4.69) is 30.3 Å². The van der Waals surface area contributed by atoms with Crippen molar-refractivity contribution in [1.29, 1.82) is 0 Å². The van der Waals surface area contributed by atoms with Gasteiger partial charge in [0.05, 0.1) is 0 Å². The van der Waals surface area contributed by atoms with Crippen LogP contribution in [0.2, 0.25) is 0 Å². The molecule has 0 aromatic carbocycles. The first-order chi connectivity index (χ1) is 10.3. The number of rotatable bonds is 4. The van der Waals surface area contributed by atoms with Crippen molar-refractivity contribution < 1.29 is 0 Å². The highest BCUT2D eigenvalue weighted by Crippen LogP contribution is 2.25. The van der Waals surface area contributed by atoms with E-state index in [9.17, 15) is 0 Å². The van der Waals surface area contributed by atoms with E-state index >= 15 is 0 Å². The van der Waals surface area contributed by atoms with Crippen molar-refractivity contribution in [3.8, 4) is 0 Å². The number of nitrogens with one attached hydrogen (secondary N) is 1. The zero-order valence-electron chi connectivity index (χ0n) is 11.6. The van der Waals surface area contributed by atoms with Gasteiger partial charge in [-0.1, -0.05) is 6.07 Å². The number of hydrazine groups is 1. The number of aromatic nitrogens is 4. The number of hydrogen-bond acceptors (Lipinski definition) is 8. The van der Waals surface area contributed by atoms with Crippen molar-refractivity contribution in [2.75, 3.05) is 23.4 Å². The monoisotopic (exact) mass is 303 g/mol. The zero-order valence-corrected chi connectivity index (χ0v) is 12.4. The summed E-state index contributed by atoms with van der Waals surface area (Å²) in [6.07, 6.45) is 5.34. The molecule has 8 heteroatoms. The maximum absolute atomic E-state index is 5.46. The molecule has 2 aromatic heterocycles. The summed E-state index contributed by atoms with van der Waals surface area (Å²) in [7, 11) is 0. The first-order valence-corrected chi connectivity index (χ1v) is 7.73. The lowest BCUT2D eigenvalue weighted by Crippen LogP contribution is -2.31. The topological polar surface area (TPSA) is 92.8 Å². The van der Waals surface area contributed by atoms with Gasteiger partial charge in [-0.3, -0.25) is 5.43 Å². The molecule has 3 heterocycles. The van der Waals surface area contributed by atoms with Gasteiger partial charge in [0.25, 0.3) is 0 Å². The fourth-order valence-electron chi connectivity index (χ4n) is 2.19. The Morgan fingerprint density at radius 1 is 1.10 bits per heavy atom. The average Bonchev–Trinajstić information content (AvgIpc) is 2.56. The summed E-state index contributed by atoms with van der Waals surface area (Å²) in [5.74, 6) is 6.52. The Morgan fingerprint density at radius 2 is 1.95 bits per heavy atom. The second-order valence-corrected chi connectivity index (χ2v) is 5.69. The predicted molar refractivity (Wildman–Crippen MR) is 82.1 cm³/mol. The third-order valence-electron chi connectivity index (χ3n) is 3.20. The van der Waals surface area contributed by atoms with Crippen molar-refractivity contribution in [2.24, 2.45) is 5.84 Å². The zero-order chi connectivity index (χ0) is 14.5. The van der Waals surface area contributed by atoms with Crippen molar-refractivity contribution >= 4 is 23.7 Å². The molecule has 7 nitrogen and oxygen atoms in total. The Morgan fingerprint density at radius 3 is 2.67 bits per heavy atom. The Balaban J connectivity index is 1.85. The standard InChI is InChI=1S/C13H17N7S/c14-19-11-16-12(20-8-4-1-5-9-20)18-13(17-11)21-10-6-2-3-7-15-10/h2-3,6-7H,1,4-5,8-9,14H2,(H,16,17,18,19). The van der Waals surface area contributed by atoms with Gasteiger partial charge in [0.1, 0.15) is 5.03 Å². The number of nitrogen functional groups attached to an aromatic ring is 1. The SMILES string of the molecule is NNc1nc(Sc2ccccn2)nc(N2CCCCC2)n1. The van der Waals surface area contributed by atoms with Crippen LogP contribution in [0.25, 0.3) is 0 Å². The smallest absolute Gasteiger partial charge is 0.242 e. The normalized spacial score (nSPS) is 15.0. The van der Waals surface area contributed by atoms with E-state index in [0.29, 0.717) is 17.1 Å². The molecule has 0 saturated carbocycles.